The van der Waals surface area contributed by atoms with E-state index in [1.165, 1.54) is 7.11 Å². The lowest BCUT2D eigenvalue weighted by Gasteiger charge is -2.18. The van der Waals surface area contributed by atoms with Gasteiger partial charge >= 0.3 is 5.97 Å². The van der Waals surface area contributed by atoms with E-state index in [0.717, 1.165) is 0 Å². The average molecular weight is 288 g/mol. The highest BCUT2D eigenvalue weighted by atomic mass is 79.9. The van der Waals surface area contributed by atoms with Crippen LogP contribution >= 0.6 is 15.9 Å². The van der Waals surface area contributed by atoms with Crippen molar-refractivity contribution in [2.75, 3.05) is 11.8 Å². The monoisotopic (exact) mass is 287 g/mol. The molecule has 0 radical (unpaired) electrons. The van der Waals surface area contributed by atoms with E-state index < -0.39 is 22.0 Å². The van der Waals surface area contributed by atoms with Gasteiger partial charge in [-0.25, -0.2) is 8.42 Å². The Bertz CT molecular complexity index is 288. The Morgan fingerprint density at radius 2 is 2.00 bits per heavy atom. The maximum Gasteiger partial charge on any atom is 0.324 e. The molecule has 0 aromatic rings. The Kier molecular flexibility index (Phi) is 5.61. The molecule has 5 nitrogen and oxygen atoms in total. The maximum absolute atomic E-state index is 11.2. The predicted molar refractivity (Wildman–Crippen MR) is 56.5 cm³/mol. The number of sulfonamides is 1. The number of halogens is 1. The third kappa shape index (κ3) is 4.39. The standard InChI is InChI=1S/C7H14BrNO4S/c1-5(2)6(7(10)13-3)9-14(11,12)4-8/h5-6,9H,4H2,1-3H3. The zero-order chi connectivity index (χ0) is 11.4. The Morgan fingerprint density at radius 3 is 2.29 bits per heavy atom. The summed E-state index contributed by atoms with van der Waals surface area (Å²) in [6.45, 7) is 3.47. The molecule has 0 rings (SSSR count). The van der Waals surface area contributed by atoms with Gasteiger partial charge in [0.2, 0.25) is 10.0 Å². The minimum absolute atomic E-state index is 0.156. The van der Waals surface area contributed by atoms with Gasteiger partial charge in [-0.15, -0.1) is 0 Å². The summed E-state index contributed by atoms with van der Waals surface area (Å²) in [6, 6.07) is -0.831. The first-order valence-corrected chi connectivity index (χ1v) is 6.75. The van der Waals surface area contributed by atoms with E-state index in [2.05, 4.69) is 25.4 Å². The molecular formula is C7H14BrNO4S. The number of methoxy groups -OCH3 is 1. The van der Waals surface area contributed by atoms with E-state index in [0.29, 0.717) is 0 Å². The van der Waals surface area contributed by atoms with Crippen LogP contribution in [0.25, 0.3) is 0 Å². The minimum atomic E-state index is -3.45. The van der Waals surface area contributed by atoms with Gasteiger partial charge in [-0.1, -0.05) is 29.8 Å². The molecule has 1 unspecified atom stereocenters. The molecule has 0 spiro atoms. The van der Waals surface area contributed by atoms with Crippen molar-refractivity contribution in [3.63, 3.8) is 0 Å². The third-order valence-electron chi connectivity index (χ3n) is 1.57. The van der Waals surface area contributed by atoms with Crippen molar-refractivity contribution in [3.05, 3.63) is 0 Å². The lowest BCUT2D eigenvalue weighted by molar-refractivity contribution is -0.143. The molecule has 7 heteroatoms. The molecule has 0 heterocycles. The van der Waals surface area contributed by atoms with Crippen molar-refractivity contribution in [2.24, 2.45) is 5.92 Å². The summed E-state index contributed by atoms with van der Waals surface area (Å²) >= 11 is 2.82. The molecule has 1 atom stereocenters. The number of hydrogen-bond acceptors (Lipinski definition) is 4. The number of carbonyl (C=O) groups excluding carboxylic acids is 1. The fourth-order valence-corrected chi connectivity index (χ4v) is 2.02. The first kappa shape index (κ1) is 13.9. The molecule has 0 aromatic heterocycles. The van der Waals surface area contributed by atoms with E-state index in [9.17, 15) is 13.2 Å². The van der Waals surface area contributed by atoms with Gasteiger partial charge < -0.3 is 4.74 Å². The normalized spacial score (nSPS) is 14.1. The van der Waals surface area contributed by atoms with Crippen LogP contribution in [0.15, 0.2) is 0 Å². The number of alkyl halides is 1. The van der Waals surface area contributed by atoms with Gasteiger partial charge in [0.1, 0.15) is 10.7 Å². The van der Waals surface area contributed by atoms with E-state index in [4.69, 9.17) is 0 Å². The van der Waals surface area contributed by atoms with Crippen LogP contribution in [0.4, 0.5) is 0 Å². The molecule has 0 aliphatic carbocycles. The summed E-state index contributed by atoms with van der Waals surface area (Å²) in [5.41, 5.74) is 0. The van der Waals surface area contributed by atoms with Crippen LogP contribution in [-0.2, 0) is 19.6 Å². The number of nitrogens with one attached hydrogen (secondary N) is 1. The van der Waals surface area contributed by atoms with Gasteiger partial charge in [0, 0.05) is 0 Å². The van der Waals surface area contributed by atoms with Crippen LogP contribution in [0.1, 0.15) is 13.8 Å². The summed E-state index contributed by atoms with van der Waals surface area (Å²) < 4.78 is 28.8. The Hall–Kier alpha value is -0.140. The molecule has 0 bridgehead atoms. The molecular weight excluding hydrogens is 274 g/mol. The summed E-state index contributed by atoms with van der Waals surface area (Å²) in [5.74, 6) is -0.735. The summed E-state index contributed by atoms with van der Waals surface area (Å²) in [6.07, 6.45) is 0. The predicted octanol–water partition coefficient (Wildman–Crippen LogP) is 0.456. The van der Waals surface area contributed by atoms with Crippen LogP contribution in [0.2, 0.25) is 0 Å². The van der Waals surface area contributed by atoms with Crippen LogP contribution in [0.5, 0.6) is 0 Å². The van der Waals surface area contributed by atoms with Gasteiger partial charge in [0.15, 0.2) is 0 Å². The Morgan fingerprint density at radius 1 is 1.50 bits per heavy atom. The first-order chi connectivity index (χ1) is 6.34. The van der Waals surface area contributed by atoms with Gasteiger partial charge in [-0.3, -0.25) is 4.79 Å². The fraction of sp³-hybridized carbons (Fsp3) is 0.857. The molecule has 14 heavy (non-hydrogen) atoms. The van der Waals surface area contributed by atoms with Gasteiger partial charge in [-0.05, 0) is 5.92 Å². The van der Waals surface area contributed by atoms with E-state index in [-0.39, 0.29) is 10.6 Å². The Labute approximate surface area is 92.4 Å². The van der Waals surface area contributed by atoms with Crippen molar-refractivity contribution in [2.45, 2.75) is 19.9 Å². The van der Waals surface area contributed by atoms with Crippen molar-refractivity contribution in [1.82, 2.24) is 4.72 Å². The van der Waals surface area contributed by atoms with Crippen LogP contribution in [0, 0.1) is 5.92 Å². The number of esters is 1. The molecule has 84 valence electrons. The van der Waals surface area contributed by atoms with Crippen LogP contribution in [0.3, 0.4) is 0 Å². The third-order valence-corrected chi connectivity index (χ3v) is 4.28. The molecule has 0 saturated heterocycles. The number of ether oxygens (including phenoxy) is 1. The van der Waals surface area contributed by atoms with Crippen LogP contribution < -0.4 is 4.72 Å². The SMILES string of the molecule is COC(=O)C(NS(=O)(=O)CBr)C(C)C. The van der Waals surface area contributed by atoms with Crippen molar-refractivity contribution < 1.29 is 17.9 Å². The molecule has 0 aliphatic rings. The van der Waals surface area contributed by atoms with E-state index >= 15 is 0 Å². The maximum atomic E-state index is 11.2. The van der Waals surface area contributed by atoms with Gasteiger partial charge in [0.25, 0.3) is 0 Å². The summed E-state index contributed by atoms with van der Waals surface area (Å²) in [7, 11) is -2.23. The Balaban J connectivity index is 4.63. The second kappa shape index (κ2) is 5.67. The average Bonchev–Trinajstić information content (AvgIpc) is 2.13. The molecule has 0 aliphatic heterocycles. The molecule has 0 fully saturated rings. The van der Waals surface area contributed by atoms with Crippen molar-refractivity contribution in [3.8, 4) is 0 Å². The first-order valence-electron chi connectivity index (χ1n) is 3.98. The minimum Gasteiger partial charge on any atom is -0.468 e. The van der Waals surface area contributed by atoms with E-state index in [1.54, 1.807) is 13.8 Å². The summed E-state index contributed by atoms with van der Waals surface area (Å²) in [4.78, 5) is 11.2. The van der Waals surface area contributed by atoms with Crippen LogP contribution in [-0.4, -0.2) is 32.2 Å². The second-order valence-electron chi connectivity index (χ2n) is 3.09. The van der Waals surface area contributed by atoms with Gasteiger partial charge in [0.05, 0.1) is 7.11 Å². The zero-order valence-corrected chi connectivity index (χ0v) is 10.7. The highest BCUT2D eigenvalue weighted by molar-refractivity contribution is 9.10. The van der Waals surface area contributed by atoms with Gasteiger partial charge in [-0.2, -0.15) is 4.72 Å². The highest BCUT2D eigenvalue weighted by Crippen LogP contribution is 2.06. The molecule has 0 saturated carbocycles. The lowest BCUT2D eigenvalue weighted by Crippen LogP contribution is -2.45. The highest BCUT2D eigenvalue weighted by Gasteiger charge is 2.27. The lowest BCUT2D eigenvalue weighted by atomic mass is 10.1. The zero-order valence-electron chi connectivity index (χ0n) is 8.28. The quantitative estimate of drug-likeness (QED) is 0.589. The molecule has 1 N–H and O–H groups in total. The number of rotatable bonds is 5. The molecule has 0 aromatic carbocycles. The smallest absolute Gasteiger partial charge is 0.324 e. The number of carbonyl (C=O) groups is 1. The second-order valence-corrected chi connectivity index (χ2v) is 6.14. The van der Waals surface area contributed by atoms with E-state index in [1.807, 2.05) is 0 Å². The number of hydrogen-bond donors (Lipinski definition) is 1. The van der Waals surface area contributed by atoms with Crippen molar-refractivity contribution >= 4 is 31.9 Å². The largest absolute Gasteiger partial charge is 0.468 e. The fourth-order valence-electron chi connectivity index (χ4n) is 0.808. The summed E-state index contributed by atoms with van der Waals surface area (Å²) in [5, 5.41) is 0. The topological polar surface area (TPSA) is 72.5 Å². The molecule has 0 amide bonds. The van der Waals surface area contributed by atoms with Crippen molar-refractivity contribution in [1.29, 1.82) is 0 Å².